The molecule has 0 unspecified atom stereocenters. The molecule has 1 aliphatic heterocycles. The summed E-state index contributed by atoms with van der Waals surface area (Å²) in [5.74, 6) is -3.76. The highest BCUT2D eigenvalue weighted by atomic mass is 19.4. The minimum Gasteiger partial charge on any atom is -0.475 e. The smallest absolute Gasteiger partial charge is 0.475 e. The van der Waals surface area contributed by atoms with Crippen LogP contribution in [-0.4, -0.2) is 89.1 Å². The number of aromatic nitrogens is 2. The molecule has 2 rings (SSSR count). The van der Waals surface area contributed by atoms with Crippen molar-refractivity contribution in [3.63, 3.8) is 0 Å². The zero-order valence-electron chi connectivity index (χ0n) is 18.5. The molecule has 2 heterocycles. The van der Waals surface area contributed by atoms with E-state index in [1.807, 2.05) is 12.3 Å². The van der Waals surface area contributed by atoms with Gasteiger partial charge < -0.3 is 25.3 Å². The Labute approximate surface area is 186 Å². The molecular weight excluding hydrogens is 464 g/mol. The number of aliphatic carboxylic acids is 2. The van der Waals surface area contributed by atoms with Crippen molar-refractivity contribution in [2.45, 2.75) is 33.1 Å². The largest absolute Gasteiger partial charge is 0.490 e. The first-order chi connectivity index (χ1) is 14.8. The van der Waals surface area contributed by atoms with Gasteiger partial charge in [-0.1, -0.05) is 20.8 Å². The van der Waals surface area contributed by atoms with Gasteiger partial charge in [0, 0.05) is 38.9 Å². The molecule has 1 aliphatic rings. The van der Waals surface area contributed by atoms with E-state index in [0.717, 1.165) is 44.5 Å². The molecule has 0 atom stereocenters. The summed E-state index contributed by atoms with van der Waals surface area (Å²) in [6.45, 7) is 11.7. The second-order valence-corrected chi connectivity index (χ2v) is 8.05. The summed E-state index contributed by atoms with van der Waals surface area (Å²) in [7, 11) is 2.16. The van der Waals surface area contributed by atoms with Crippen LogP contribution in [0, 0.1) is 5.41 Å². The Kier molecular flexibility index (Phi) is 11.3. The van der Waals surface area contributed by atoms with Gasteiger partial charge in [0.05, 0.1) is 0 Å². The molecule has 3 N–H and O–H groups in total. The molecule has 0 bridgehead atoms. The van der Waals surface area contributed by atoms with Crippen LogP contribution >= 0.6 is 0 Å². The van der Waals surface area contributed by atoms with Gasteiger partial charge in [-0.15, -0.1) is 0 Å². The molecule has 1 aromatic heterocycles. The Bertz CT molecular complexity index is 736. The van der Waals surface area contributed by atoms with Crippen molar-refractivity contribution in [3.8, 4) is 0 Å². The Morgan fingerprint density at radius 1 is 0.970 bits per heavy atom. The second kappa shape index (κ2) is 12.4. The topological polar surface area (TPSA) is 119 Å². The van der Waals surface area contributed by atoms with E-state index in [1.165, 1.54) is 0 Å². The van der Waals surface area contributed by atoms with Gasteiger partial charge in [-0.05, 0) is 18.5 Å². The number of carbonyl (C=O) groups is 2. The molecule has 0 aromatic carbocycles. The van der Waals surface area contributed by atoms with Gasteiger partial charge >= 0.3 is 24.3 Å². The minimum absolute atomic E-state index is 0.229. The van der Waals surface area contributed by atoms with Crippen LogP contribution in [0.15, 0.2) is 12.3 Å². The molecule has 0 spiro atoms. The van der Waals surface area contributed by atoms with Crippen LogP contribution in [0.5, 0.6) is 0 Å². The van der Waals surface area contributed by atoms with E-state index in [4.69, 9.17) is 19.8 Å². The van der Waals surface area contributed by atoms with Crippen molar-refractivity contribution in [1.29, 1.82) is 0 Å². The number of alkyl halides is 6. The summed E-state index contributed by atoms with van der Waals surface area (Å²) in [6, 6.07) is 1.99. The van der Waals surface area contributed by atoms with E-state index < -0.39 is 24.3 Å². The molecule has 33 heavy (non-hydrogen) atoms. The Morgan fingerprint density at radius 3 is 1.76 bits per heavy atom. The Hall–Kier alpha value is -2.84. The summed E-state index contributed by atoms with van der Waals surface area (Å²) < 4.78 is 63.5. The predicted octanol–water partition coefficient (Wildman–Crippen LogP) is 2.95. The van der Waals surface area contributed by atoms with Crippen LogP contribution in [-0.2, 0) is 9.59 Å². The lowest BCUT2D eigenvalue weighted by molar-refractivity contribution is -0.193. The number of hydrogen-bond acceptors (Lipinski definition) is 7. The SMILES string of the molecule is CN1CCN(c2ccnc(NCC(C)(C)C)n2)CC1.O=C(O)C(F)(F)F.O=C(O)C(F)(F)F. The normalized spacial score (nSPS) is 14.9. The number of carboxylic acid groups (broad SMARTS) is 2. The number of hydrogen-bond donors (Lipinski definition) is 3. The monoisotopic (exact) mass is 491 g/mol. The number of anilines is 2. The zero-order valence-corrected chi connectivity index (χ0v) is 18.5. The van der Waals surface area contributed by atoms with Crippen LogP contribution in [0.3, 0.4) is 0 Å². The number of piperazine rings is 1. The fourth-order valence-corrected chi connectivity index (χ4v) is 1.99. The summed E-state index contributed by atoms with van der Waals surface area (Å²) in [6.07, 6.45) is -8.33. The molecule has 0 radical (unpaired) electrons. The first-order valence-electron chi connectivity index (χ1n) is 9.43. The molecule has 1 fully saturated rings. The maximum absolute atomic E-state index is 10.6. The molecule has 0 amide bonds. The van der Waals surface area contributed by atoms with Crippen LogP contribution in [0.25, 0.3) is 0 Å². The number of nitrogens with zero attached hydrogens (tertiary/aromatic N) is 4. The third-order valence-electron chi connectivity index (χ3n) is 3.73. The quantitative estimate of drug-likeness (QED) is 0.549. The van der Waals surface area contributed by atoms with E-state index in [1.54, 1.807) is 0 Å². The van der Waals surface area contributed by atoms with E-state index in [0.29, 0.717) is 0 Å². The van der Waals surface area contributed by atoms with Gasteiger partial charge in [0.25, 0.3) is 0 Å². The average molecular weight is 491 g/mol. The number of rotatable bonds is 3. The number of carboxylic acids is 2. The number of halogens is 6. The van der Waals surface area contributed by atoms with Crippen molar-refractivity contribution in [2.75, 3.05) is 50.0 Å². The minimum atomic E-state index is -5.08. The molecule has 1 saturated heterocycles. The van der Waals surface area contributed by atoms with Crippen molar-refractivity contribution in [2.24, 2.45) is 5.41 Å². The van der Waals surface area contributed by atoms with Gasteiger partial charge in [-0.2, -0.15) is 31.3 Å². The molecule has 15 heteroatoms. The summed E-state index contributed by atoms with van der Waals surface area (Å²) >= 11 is 0. The predicted molar refractivity (Wildman–Crippen MR) is 107 cm³/mol. The van der Waals surface area contributed by atoms with Crippen molar-refractivity contribution >= 4 is 23.7 Å². The van der Waals surface area contributed by atoms with Gasteiger partial charge in [0.1, 0.15) is 5.82 Å². The van der Waals surface area contributed by atoms with E-state index in [9.17, 15) is 26.3 Å². The Morgan fingerprint density at radius 2 is 1.39 bits per heavy atom. The first kappa shape index (κ1) is 30.2. The third-order valence-corrected chi connectivity index (χ3v) is 3.73. The number of nitrogens with one attached hydrogen (secondary N) is 1. The lowest BCUT2D eigenvalue weighted by atomic mass is 9.97. The number of likely N-dealkylation sites (N-methyl/N-ethyl adjacent to an activating group) is 1. The van der Waals surface area contributed by atoms with Gasteiger partial charge in [0.15, 0.2) is 0 Å². The fraction of sp³-hybridized carbons (Fsp3) is 0.667. The average Bonchev–Trinajstić information content (AvgIpc) is 2.66. The highest BCUT2D eigenvalue weighted by molar-refractivity contribution is 5.73. The highest BCUT2D eigenvalue weighted by Crippen LogP contribution is 2.17. The highest BCUT2D eigenvalue weighted by Gasteiger charge is 2.38. The van der Waals surface area contributed by atoms with Crippen molar-refractivity contribution < 1.29 is 46.1 Å². The fourth-order valence-electron chi connectivity index (χ4n) is 1.99. The molecule has 190 valence electrons. The third kappa shape index (κ3) is 14.0. The lowest BCUT2D eigenvalue weighted by Crippen LogP contribution is -2.44. The van der Waals surface area contributed by atoms with E-state index in [2.05, 4.69) is 52.9 Å². The zero-order chi connectivity index (χ0) is 26.0. The first-order valence-corrected chi connectivity index (χ1v) is 9.43. The van der Waals surface area contributed by atoms with Crippen molar-refractivity contribution in [3.05, 3.63) is 12.3 Å². The molecule has 0 saturated carbocycles. The van der Waals surface area contributed by atoms with Gasteiger partial charge in [-0.3, -0.25) is 0 Å². The molecular formula is C18H27F6N5O4. The second-order valence-electron chi connectivity index (χ2n) is 8.05. The lowest BCUT2D eigenvalue weighted by Gasteiger charge is -2.33. The van der Waals surface area contributed by atoms with Crippen LogP contribution in [0.1, 0.15) is 20.8 Å². The molecule has 0 aliphatic carbocycles. The summed E-state index contributed by atoms with van der Waals surface area (Å²) in [5.41, 5.74) is 0.229. The summed E-state index contributed by atoms with van der Waals surface area (Å²) in [4.78, 5) is 31.4. The van der Waals surface area contributed by atoms with E-state index >= 15 is 0 Å². The summed E-state index contributed by atoms with van der Waals surface area (Å²) in [5, 5.41) is 17.6. The van der Waals surface area contributed by atoms with Gasteiger partial charge in [0.2, 0.25) is 5.95 Å². The standard InChI is InChI=1S/C14H25N5.2C2HF3O2/c1-14(2,3)11-16-13-15-6-5-12(17-13)19-9-7-18(4)8-10-19;2*3-2(4,5)1(6)7/h5-6H,7-11H2,1-4H3,(H,15,16,17);2*(H,6,7). The maximum Gasteiger partial charge on any atom is 0.490 e. The van der Waals surface area contributed by atoms with Crippen LogP contribution < -0.4 is 10.2 Å². The van der Waals surface area contributed by atoms with Crippen molar-refractivity contribution in [1.82, 2.24) is 14.9 Å². The van der Waals surface area contributed by atoms with E-state index in [-0.39, 0.29) is 5.41 Å². The molecule has 9 nitrogen and oxygen atoms in total. The van der Waals surface area contributed by atoms with Crippen LogP contribution in [0.4, 0.5) is 38.1 Å². The Balaban J connectivity index is 0.000000605. The maximum atomic E-state index is 10.6. The molecule has 1 aromatic rings. The van der Waals surface area contributed by atoms with Crippen LogP contribution in [0.2, 0.25) is 0 Å². The van der Waals surface area contributed by atoms with Gasteiger partial charge in [-0.25, -0.2) is 14.6 Å².